The largest absolute Gasteiger partial charge is 0.480 e. The molecular weight excluding hydrogens is 222 g/mol. The molecule has 0 spiro atoms. The second-order valence-corrected chi connectivity index (χ2v) is 3.70. The van der Waals surface area contributed by atoms with Crippen molar-refractivity contribution in [2.75, 3.05) is 27.3 Å². The minimum Gasteiger partial charge on any atom is -0.480 e. The molecule has 0 saturated carbocycles. The first-order chi connectivity index (χ1) is 8.19. The lowest BCUT2D eigenvalue weighted by atomic mass is 10.3. The molecule has 2 aliphatic heterocycles. The van der Waals surface area contributed by atoms with Crippen LogP contribution in [-0.2, 0) is 9.47 Å². The molecule has 0 bridgehead atoms. The summed E-state index contributed by atoms with van der Waals surface area (Å²) in [5.41, 5.74) is 6.32. The molecule has 0 fully saturated rings. The quantitative estimate of drug-likeness (QED) is 0.640. The number of nitrogens with two attached hydrogens (primary N) is 1. The van der Waals surface area contributed by atoms with Crippen LogP contribution in [0.25, 0.3) is 0 Å². The molecule has 0 radical (unpaired) electrons. The summed E-state index contributed by atoms with van der Waals surface area (Å²) < 4.78 is 10.4. The van der Waals surface area contributed by atoms with E-state index in [1.165, 1.54) is 7.11 Å². The summed E-state index contributed by atoms with van der Waals surface area (Å²) in [5.74, 6) is 1.64. The Hall–Kier alpha value is -1.92. The molecule has 3 N–H and O–H groups in total. The summed E-state index contributed by atoms with van der Waals surface area (Å²) in [5, 5.41) is 3.17. The fraction of sp³-hybridized carbons (Fsp3) is 0.600. The summed E-state index contributed by atoms with van der Waals surface area (Å²) in [7, 11) is 3.10. The van der Waals surface area contributed by atoms with Gasteiger partial charge in [-0.1, -0.05) is 0 Å². The predicted octanol–water partition coefficient (Wildman–Crippen LogP) is -0.574. The highest BCUT2D eigenvalue weighted by Gasteiger charge is 2.32. The third-order valence-corrected chi connectivity index (χ3v) is 2.63. The lowest BCUT2D eigenvalue weighted by Crippen LogP contribution is -2.47. The molecule has 0 amide bonds. The Bertz CT molecular complexity index is 402. The van der Waals surface area contributed by atoms with Crippen LogP contribution in [0.5, 0.6) is 0 Å². The molecular formula is C10H17N5O2. The molecule has 1 unspecified atom stereocenters. The van der Waals surface area contributed by atoms with E-state index in [0.717, 1.165) is 19.0 Å². The van der Waals surface area contributed by atoms with Gasteiger partial charge in [-0.25, -0.2) is 4.99 Å². The predicted molar refractivity (Wildman–Crippen MR) is 64.3 cm³/mol. The van der Waals surface area contributed by atoms with E-state index in [4.69, 9.17) is 15.2 Å². The van der Waals surface area contributed by atoms with E-state index < -0.39 is 0 Å². The zero-order valence-corrected chi connectivity index (χ0v) is 10.2. The molecule has 2 rings (SSSR count). The average Bonchev–Trinajstić information content (AvgIpc) is 2.84. The van der Waals surface area contributed by atoms with Crippen molar-refractivity contribution in [2.45, 2.75) is 13.1 Å². The van der Waals surface area contributed by atoms with Crippen LogP contribution in [-0.4, -0.2) is 50.2 Å². The van der Waals surface area contributed by atoms with Crippen LogP contribution in [0.2, 0.25) is 0 Å². The molecule has 0 aromatic carbocycles. The third kappa shape index (κ3) is 1.88. The second-order valence-electron chi connectivity index (χ2n) is 3.70. The smallest absolute Gasteiger partial charge is 0.239 e. The van der Waals surface area contributed by atoms with Gasteiger partial charge in [-0.15, -0.1) is 0 Å². The number of aliphatic imine (C=N–C) groups is 2. The molecule has 7 heteroatoms. The van der Waals surface area contributed by atoms with Crippen molar-refractivity contribution in [3.05, 3.63) is 11.6 Å². The van der Waals surface area contributed by atoms with E-state index in [-0.39, 0.29) is 6.17 Å². The van der Waals surface area contributed by atoms with Gasteiger partial charge in [0.25, 0.3) is 0 Å². The van der Waals surface area contributed by atoms with E-state index in [0.29, 0.717) is 17.5 Å². The summed E-state index contributed by atoms with van der Waals surface area (Å²) >= 11 is 0. The highest BCUT2D eigenvalue weighted by molar-refractivity contribution is 5.95. The number of hydrogen-bond donors (Lipinski definition) is 2. The van der Waals surface area contributed by atoms with Crippen molar-refractivity contribution in [1.29, 1.82) is 0 Å². The Morgan fingerprint density at radius 3 is 2.71 bits per heavy atom. The monoisotopic (exact) mass is 239 g/mol. The molecule has 0 aliphatic carbocycles. The first-order valence-corrected chi connectivity index (χ1v) is 5.42. The van der Waals surface area contributed by atoms with Gasteiger partial charge < -0.3 is 20.5 Å². The lowest BCUT2D eigenvalue weighted by Gasteiger charge is -2.33. The van der Waals surface area contributed by atoms with Gasteiger partial charge in [0.1, 0.15) is 6.17 Å². The summed E-state index contributed by atoms with van der Waals surface area (Å²) in [4.78, 5) is 10.5. The van der Waals surface area contributed by atoms with Gasteiger partial charge in [0, 0.05) is 6.54 Å². The molecule has 94 valence electrons. The molecule has 1 atom stereocenters. The maximum atomic E-state index is 5.94. The number of rotatable bonds is 1. The Balaban J connectivity index is 2.37. The van der Waals surface area contributed by atoms with E-state index in [9.17, 15) is 0 Å². The maximum absolute atomic E-state index is 5.94. The van der Waals surface area contributed by atoms with Crippen molar-refractivity contribution >= 4 is 11.9 Å². The van der Waals surface area contributed by atoms with Gasteiger partial charge in [-0.05, 0) is 6.92 Å². The van der Waals surface area contributed by atoms with Crippen molar-refractivity contribution in [1.82, 2.24) is 10.2 Å². The number of nitrogens with one attached hydrogen (secondary N) is 1. The Kier molecular flexibility index (Phi) is 3.08. The highest BCUT2D eigenvalue weighted by atomic mass is 16.5. The zero-order chi connectivity index (χ0) is 12.4. The number of nitrogens with zero attached hydrogens (tertiary/aromatic N) is 3. The van der Waals surface area contributed by atoms with Crippen molar-refractivity contribution in [2.24, 2.45) is 15.7 Å². The average molecular weight is 239 g/mol. The van der Waals surface area contributed by atoms with Crippen LogP contribution in [0.15, 0.2) is 21.6 Å². The van der Waals surface area contributed by atoms with Crippen LogP contribution < -0.4 is 11.1 Å². The Labute approximate surface area is 100.0 Å². The number of methoxy groups -OCH3 is 2. The first-order valence-electron chi connectivity index (χ1n) is 5.42. The van der Waals surface area contributed by atoms with Crippen LogP contribution in [0.3, 0.4) is 0 Å². The van der Waals surface area contributed by atoms with Gasteiger partial charge in [-0.3, -0.25) is 9.89 Å². The Morgan fingerprint density at radius 1 is 1.41 bits per heavy atom. The molecule has 0 aromatic rings. The number of guanidine groups is 1. The van der Waals surface area contributed by atoms with Crippen molar-refractivity contribution < 1.29 is 9.47 Å². The van der Waals surface area contributed by atoms with Crippen LogP contribution >= 0.6 is 0 Å². The van der Waals surface area contributed by atoms with Gasteiger partial charge >= 0.3 is 0 Å². The molecule has 0 aromatic heterocycles. The van der Waals surface area contributed by atoms with Crippen LogP contribution in [0.1, 0.15) is 6.92 Å². The van der Waals surface area contributed by atoms with Crippen molar-refractivity contribution in [3.8, 4) is 0 Å². The van der Waals surface area contributed by atoms with Gasteiger partial charge in [0.2, 0.25) is 17.7 Å². The van der Waals surface area contributed by atoms with E-state index in [1.807, 2.05) is 11.8 Å². The van der Waals surface area contributed by atoms with Gasteiger partial charge in [0.15, 0.2) is 5.70 Å². The van der Waals surface area contributed by atoms with E-state index in [2.05, 4.69) is 15.3 Å². The standard InChI is InChI=1S/C10H17N5O2/c1-6-14-8(16-2)7(11)9(17-3)15(6)10-12-4-5-13-10/h6H,4-5,11H2,1-3H3,(H,12,13). The van der Waals surface area contributed by atoms with Gasteiger partial charge in [-0.2, -0.15) is 0 Å². The molecule has 0 saturated heterocycles. The number of hydrogen-bond acceptors (Lipinski definition) is 7. The molecule has 2 aliphatic rings. The summed E-state index contributed by atoms with van der Waals surface area (Å²) in [6, 6.07) is 0. The minimum atomic E-state index is -0.170. The SMILES string of the molecule is COC1=NC(C)N(C2=NCCN2)C(OC)=C1N. The molecule has 7 nitrogen and oxygen atoms in total. The van der Waals surface area contributed by atoms with Crippen molar-refractivity contribution in [3.63, 3.8) is 0 Å². The Morgan fingerprint density at radius 2 is 2.18 bits per heavy atom. The second kappa shape index (κ2) is 4.52. The van der Waals surface area contributed by atoms with E-state index in [1.54, 1.807) is 7.11 Å². The van der Waals surface area contributed by atoms with Gasteiger partial charge in [0.05, 0.1) is 20.8 Å². The minimum absolute atomic E-state index is 0.170. The topological polar surface area (TPSA) is 84.5 Å². The normalized spacial score (nSPS) is 24.2. The third-order valence-electron chi connectivity index (χ3n) is 2.63. The molecule has 2 heterocycles. The van der Waals surface area contributed by atoms with Crippen LogP contribution in [0, 0.1) is 0 Å². The number of ether oxygens (including phenoxy) is 2. The maximum Gasteiger partial charge on any atom is 0.239 e. The van der Waals surface area contributed by atoms with Crippen LogP contribution in [0.4, 0.5) is 0 Å². The summed E-state index contributed by atoms with van der Waals surface area (Å²) in [6.07, 6.45) is -0.170. The zero-order valence-electron chi connectivity index (χ0n) is 10.2. The summed E-state index contributed by atoms with van der Waals surface area (Å²) in [6.45, 7) is 3.49. The lowest BCUT2D eigenvalue weighted by molar-refractivity contribution is 0.167. The fourth-order valence-corrected chi connectivity index (χ4v) is 1.88. The molecule has 17 heavy (non-hydrogen) atoms. The fourth-order valence-electron chi connectivity index (χ4n) is 1.88. The highest BCUT2D eigenvalue weighted by Crippen LogP contribution is 2.21. The first kappa shape index (κ1) is 11.6. The van der Waals surface area contributed by atoms with E-state index >= 15 is 0 Å².